The van der Waals surface area contributed by atoms with Crippen LogP contribution in [0.3, 0.4) is 0 Å². The van der Waals surface area contributed by atoms with E-state index in [-0.39, 0.29) is 5.69 Å². The molecule has 0 bridgehead atoms. The minimum absolute atomic E-state index is 0.0638. The number of unbranched alkanes of at least 4 members (excludes halogenated alkanes) is 3. The Morgan fingerprint density at radius 1 is 1.36 bits per heavy atom. The molecule has 0 radical (unpaired) electrons. The van der Waals surface area contributed by atoms with E-state index in [9.17, 15) is 4.79 Å². The van der Waals surface area contributed by atoms with Gasteiger partial charge in [-0.25, -0.2) is 9.78 Å². The van der Waals surface area contributed by atoms with Gasteiger partial charge in [-0.05, 0) is 24.6 Å². The van der Waals surface area contributed by atoms with Crippen molar-refractivity contribution in [2.24, 2.45) is 0 Å². The first kappa shape index (κ1) is 17.0. The average molecular weight is 384 g/mol. The minimum atomic E-state index is -1.01. The van der Waals surface area contributed by atoms with Crippen LogP contribution in [0.1, 0.15) is 43.1 Å². The summed E-state index contributed by atoms with van der Waals surface area (Å²) in [7, 11) is 0. The summed E-state index contributed by atoms with van der Waals surface area (Å²) in [5.41, 5.74) is 0.885. The number of thiazole rings is 1. The van der Waals surface area contributed by atoms with E-state index in [1.54, 1.807) is 5.38 Å². The second-order valence-corrected chi connectivity index (χ2v) is 6.67. The first-order chi connectivity index (χ1) is 10.6. The van der Waals surface area contributed by atoms with E-state index in [1.165, 1.54) is 24.2 Å². The van der Waals surface area contributed by atoms with Crippen molar-refractivity contribution in [3.05, 3.63) is 33.7 Å². The normalized spacial score (nSPS) is 10.6. The van der Waals surface area contributed by atoms with Crippen molar-refractivity contribution < 1.29 is 14.6 Å². The van der Waals surface area contributed by atoms with Gasteiger partial charge in [-0.1, -0.05) is 42.1 Å². The molecule has 1 heterocycles. The highest BCUT2D eigenvalue weighted by Crippen LogP contribution is 2.34. The maximum atomic E-state index is 11.0. The predicted octanol–water partition coefficient (Wildman–Crippen LogP) is 5.23. The number of carbonyl (C=O) groups is 1. The Labute approximate surface area is 142 Å². The molecule has 4 nitrogen and oxygen atoms in total. The van der Waals surface area contributed by atoms with E-state index in [0.29, 0.717) is 11.6 Å². The fraction of sp³-hybridized carbons (Fsp3) is 0.375. The maximum Gasteiger partial charge on any atom is 0.355 e. The number of benzene rings is 1. The standard InChI is InChI=1S/C16H18BrNO3S/c1-2-3-4-5-8-21-14-7-6-11(17)9-12(14)15-18-13(10-22-15)16(19)20/h6-7,9-10H,2-5,8H2,1H3,(H,19,20). The number of carboxylic acid groups (broad SMARTS) is 1. The molecule has 0 fully saturated rings. The molecular formula is C16H18BrNO3S. The fourth-order valence-electron chi connectivity index (χ4n) is 2.00. The highest BCUT2D eigenvalue weighted by molar-refractivity contribution is 9.10. The van der Waals surface area contributed by atoms with E-state index >= 15 is 0 Å². The number of halogens is 1. The Bertz CT molecular complexity index is 642. The third kappa shape index (κ3) is 4.55. The minimum Gasteiger partial charge on any atom is -0.493 e. The molecule has 0 aliphatic carbocycles. The summed E-state index contributed by atoms with van der Waals surface area (Å²) >= 11 is 4.75. The number of nitrogens with zero attached hydrogens (tertiary/aromatic N) is 1. The Morgan fingerprint density at radius 2 is 2.18 bits per heavy atom. The zero-order valence-electron chi connectivity index (χ0n) is 12.3. The number of rotatable bonds is 8. The Morgan fingerprint density at radius 3 is 2.86 bits per heavy atom. The topological polar surface area (TPSA) is 59.4 Å². The SMILES string of the molecule is CCCCCCOc1ccc(Br)cc1-c1nc(C(=O)O)cs1. The predicted molar refractivity (Wildman–Crippen MR) is 91.8 cm³/mol. The largest absolute Gasteiger partial charge is 0.493 e. The molecule has 22 heavy (non-hydrogen) atoms. The number of ether oxygens (including phenoxy) is 1. The maximum absolute atomic E-state index is 11.0. The van der Waals surface area contributed by atoms with Crippen molar-refractivity contribution in [3.8, 4) is 16.3 Å². The quantitative estimate of drug-likeness (QED) is 0.633. The summed E-state index contributed by atoms with van der Waals surface area (Å²) in [5.74, 6) is -0.273. The lowest BCUT2D eigenvalue weighted by Crippen LogP contribution is -1.99. The van der Waals surface area contributed by atoms with Crippen molar-refractivity contribution in [1.29, 1.82) is 0 Å². The third-order valence-corrected chi connectivity index (χ3v) is 4.52. The van der Waals surface area contributed by atoms with Gasteiger partial charge in [0.05, 0.1) is 12.2 Å². The fourth-order valence-corrected chi connectivity index (χ4v) is 3.18. The summed E-state index contributed by atoms with van der Waals surface area (Å²) in [6.45, 7) is 2.84. The summed E-state index contributed by atoms with van der Waals surface area (Å²) in [6, 6.07) is 5.71. The van der Waals surface area contributed by atoms with Crippen LogP contribution in [0.4, 0.5) is 0 Å². The molecule has 2 aromatic rings. The van der Waals surface area contributed by atoms with Gasteiger partial charge in [0.15, 0.2) is 5.69 Å². The summed E-state index contributed by atoms with van der Waals surface area (Å²) in [4.78, 5) is 15.1. The molecule has 1 aromatic heterocycles. The molecule has 0 aliphatic rings. The molecule has 0 saturated carbocycles. The molecule has 1 aromatic carbocycles. The number of carboxylic acids is 1. The van der Waals surface area contributed by atoms with Crippen LogP contribution in [-0.2, 0) is 0 Å². The molecule has 0 spiro atoms. The molecule has 0 aliphatic heterocycles. The zero-order valence-corrected chi connectivity index (χ0v) is 14.7. The summed E-state index contributed by atoms with van der Waals surface area (Å²) in [5, 5.41) is 11.2. The van der Waals surface area contributed by atoms with E-state index in [1.807, 2.05) is 18.2 Å². The second-order valence-electron chi connectivity index (χ2n) is 4.89. The van der Waals surface area contributed by atoms with Crippen molar-refractivity contribution in [2.75, 3.05) is 6.61 Å². The van der Waals surface area contributed by atoms with E-state index in [0.717, 1.165) is 28.6 Å². The average Bonchev–Trinajstić information content (AvgIpc) is 2.98. The van der Waals surface area contributed by atoms with Crippen molar-refractivity contribution in [1.82, 2.24) is 4.98 Å². The first-order valence-corrected chi connectivity index (χ1v) is 8.90. The molecule has 1 N–H and O–H groups in total. The van der Waals surface area contributed by atoms with Crippen LogP contribution in [-0.4, -0.2) is 22.7 Å². The second kappa shape index (κ2) is 8.29. The van der Waals surface area contributed by atoms with E-state index in [4.69, 9.17) is 9.84 Å². The van der Waals surface area contributed by atoms with Crippen LogP contribution >= 0.6 is 27.3 Å². The van der Waals surface area contributed by atoms with Gasteiger partial charge in [0.2, 0.25) is 0 Å². The van der Waals surface area contributed by atoms with Gasteiger partial charge in [0, 0.05) is 9.85 Å². The van der Waals surface area contributed by atoms with Crippen LogP contribution in [0.5, 0.6) is 5.75 Å². The Hall–Kier alpha value is -1.40. The monoisotopic (exact) mass is 383 g/mol. The van der Waals surface area contributed by atoms with Gasteiger partial charge < -0.3 is 9.84 Å². The van der Waals surface area contributed by atoms with Crippen molar-refractivity contribution in [3.63, 3.8) is 0 Å². The van der Waals surface area contributed by atoms with Gasteiger partial charge in [0.1, 0.15) is 10.8 Å². The summed E-state index contributed by atoms with van der Waals surface area (Å²) < 4.78 is 6.77. The molecule has 0 saturated heterocycles. The molecule has 118 valence electrons. The Kier molecular flexibility index (Phi) is 6.39. The van der Waals surface area contributed by atoms with Crippen molar-refractivity contribution >= 4 is 33.2 Å². The van der Waals surface area contributed by atoms with Crippen LogP contribution in [0.2, 0.25) is 0 Å². The summed E-state index contributed by atoms with van der Waals surface area (Å²) in [6.07, 6.45) is 4.58. The molecular weight excluding hydrogens is 366 g/mol. The number of hydrogen-bond donors (Lipinski definition) is 1. The van der Waals surface area contributed by atoms with Gasteiger partial charge in [-0.15, -0.1) is 11.3 Å². The van der Waals surface area contributed by atoms with Gasteiger partial charge in [0.25, 0.3) is 0 Å². The molecule has 0 atom stereocenters. The van der Waals surface area contributed by atoms with E-state index in [2.05, 4.69) is 27.8 Å². The van der Waals surface area contributed by atoms with Crippen LogP contribution < -0.4 is 4.74 Å². The van der Waals surface area contributed by atoms with Gasteiger partial charge in [-0.3, -0.25) is 0 Å². The zero-order chi connectivity index (χ0) is 15.9. The van der Waals surface area contributed by atoms with Crippen LogP contribution in [0, 0.1) is 0 Å². The number of hydrogen-bond acceptors (Lipinski definition) is 4. The molecule has 2 rings (SSSR count). The lowest BCUT2D eigenvalue weighted by Gasteiger charge is -2.10. The lowest BCUT2D eigenvalue weighted by atomic mass is 10.2. The first-order valence-electron chi connectivity index (χ1n) is 7.23. The van der Waals surface area contributed by atoms with Crippen LogP contribution in [0.25, 0.3) is 10.6 Å². The third-order valence-electron chi connectivity index (χ3n) is 3.15. The van der Waals surface area contributed by atoms with Crippen LogP contribution in [0.15, 0.2) is 28.1 Å². The smallest absolute Gasteiger partial charge is 0.355 e. The van der Waals surface area contributed by atoms with Crippen molar-refractivity contribution in [2.45, 2.75) is 32.6 Å². The van der Waals surface area contributed by atoms with Gasteiger partial charge >= 0.3 is 5.97 Å². The lowest BCUT2D eigenvalue weighted by molar-refractivity contribution is 0.0691. The molecule has 0 amide bonds. The van der Waals surface area contributed by atoms with Gasteiger partial charge in [-0.2, -0.15) is 0 Å². The molecule has 6 heteroatoms. The Balaban J connectivity index is 2.14. The number of aromatic carboxylic acids is 1. The number of aromatic nitrogens is 1. The highest BCUT2D eigenvalue weighted by Gasteiger charge is 2.14. The van der Waals surface area contributed by atoms with E-state index < -0.39 is 5.97 Å². The highest BCUT2D eigenvalue weighted by atomic mass is 79.9. The molecule has 0 unspecified atom stereocenters.